The third-order valence-electron chi connectivity index (χ3n) is 4.77. The zero-order valence-corrected chi connectivity index (χ0v) is 17.3. The molecule has 3 rings (SSSR count). The molecule has 1 aromatic carbocycles. The third-order valence-corrected chi connectivity index (χ3v) is 4.77. The van der Waals surface area contributed by atoms with Gasteiger partial charge in [-0.3, -0.25) is 9.69 Å². The molecule has 27 heavy (non-hydrogen) atoms. The van der Waals surface area contributed by atoms with Gasteiger partial charge in [-0.1, -0.05) is 12.1 Å². The van der Waals surface area contributed by atoms with Crippen LogP contribution in [0.1, 0.15) is 31.9 Å². The molecular weight excluding hydrogens is 342 g/mol. The van der Waals surface area contributed by atoms with Crippen LogP contribution < -0.4 is 10.2 Å². The lowest BCUT2D eigenvalue weighted by Gasteiger charge is -2.32. The monoisotopic (exact) mass is 377 g/mol. The zero-order valence-electron chi connectivity index (χ0n) is 17.3. The molecule has 2 heterocycles. The zero-order chi connectivity index (χ0) is 19.7. The summed E-state index contributed by atoms with van der Waals surface area (Å²) in [6, 6.07) is 6.73. The van der Waals surface area contributed by atoms with Gasteiger partial charge in [0.25, 0.3) is 6.47 Å². The highest BCUT2D eigenvalue weighted by atomic mass is 16.5. The second-order valence-corrected chi connectivity index (χ2v) is 8.01. The topological polar surface area (TPSA) is 54.0 Å². The summed E-state index contributed by atoms with van der Waals surface area (Å²) < 4.78 is 10.0. The summed E-state index contributed by atoms with van der Waals surface area (Å²) in [5.41, 5.74) is 3.98. The summed E-state index contributed by atoms with van der Waals surface area (Å²) in [6.45, 7) is 17.5. The molecule has 0 atom stereocenters. The number of hydrogen-bond donors (Lipinski definition) is 1. The van der Waals surface area contributed by atoms with E-state index in [0.29, 0.717) is 6.47 Å². The summed E-state index contributed by atoms with van der Waals surface area (Å²) >= 11 is 0. The molecule has 6 nitrogen and oxygen atoms in total. The number of ether oxygens (including phenoxy) is 2. The van der Waals surface area contributed by atoms with E-state index < -0.39 is 0 Å². The molecule has 1 N–H and O–H groups in total. The lowest BCUT2D eigenvalue weighted by atomic mass is 10.0. The first-order valence-electron chi connectivity index (χ1n) is 9.86. The molecule has 2 aliphatic rings. The minimum Gasteiger partial charge on any atom is -0.462 e. The van der Waals surface area contributed by atoms with Crippen molar-refractivity contribution >= 4 is 12.2 Å². The summed E-state index contributed by atoms with van der Waals surface area (Å²) in [5, 5.41) is 3.41. The Morgan fingerprint density at radius 2 is 1.81 bits per heavy atom. The van der Waals surface area contributed by atoms with E-state index in [1.807, 2.05) is 20.8 Å². The molecule has 1 aromatic rings. The van der Waals surface area contributed by atoms with Crippen molar-refractivity contribution in [1.29, 1.82) is 0 Å². The molecule has 0 aliphatic carbocycles. The number of morpholine rings is 1. The molecule has 152 valence electrons. The van der Waals surface area contributed by atoms with Gasteiger partial charge in [0.2, 0.25) is 0 Å². The second kappa shape index (κ2) is 10.6. The van der Waals surface area contributed by atoms with Crippen LogP contribution in [0.25, 0.3) is 0 Å². The Morgan fingerprint density at radius 3 is 2.37 bits per heavy atom. The van der Waals surface area contributed by atoms with Crippen LogP contribution in [0.2, 0.25) is 0 Å². The van der Waals surface area contributed by atoms with Crippen molar-refractivity contribution in [2.24, 2.45) is 0 Å². The molecular formula is C21H35N3O3. The number of hydrogen-bond acceptors (Lipinski definition) is 6. The molecule has 0 bridgehead atoms. The first-order valence-corrected chi connectivity index (χ1v) is 9.86. The van der Waals surface area contributed by atoms with E-state index in [-0.39, 0.29) is 5.60 Å². The van der Waals surface area contributed by atoms with Crippen LogP contribution >= 0.6 is 0 Å². The molecule has 0 spiro atoms. The van der Waals surface area contributed by atoms with E-state index in [1.165, 1.54) is 16.8 Å². The van der Waals surface area contributed by atoms with Crippen molar-refractivity contribution in [2.45, 2.75) is 39.8 Å². The smallest absolute Gasteiger partial charge is 0.293 e. The number of nitrogens with one attached hydrogen (secondary N) is 1. The van der Waals surface area contributed by atoms with Crippen LogP contribution in [0.4, 0.5) is 5.69 Å². The molecule has 6 heteroatoms. The Kier molecular flexibility index (Phi) is 8.54. The number of carbonyl (C=O) groups excluding carboxylic acids is 1. The number of nitrogens with zero attached hydrogens (tertiary/aromatic N) is 2. The van der Waals surface area contributed by atoms with Crippen LogP contribution in [0.5, 0.6) is 0 Å². The van der Waals surface area contributed by atoms with Crippen molar-refractivity contribution in [2.75, 3.05) is 57.4 Å². The van der Waals surface area contributed by atoms with Crippen LogP contribution in [0, 0.1) is 6.92 Å². The Bertz CT molecular complexity index is 575. The molecule has 2 saturated heterocycles. The molecule has 0 aromatic heterocycles. The van der Waals surface area contributed by atoms with Gasteiger partial charge in [-0.15, -0.1) is 0 Å². The number of anilines is 1. The van der Waals surface area contributed by atoms with E-state index in [1.54, 1.807) is 0 Å². The SMILES string of the molecule is CC(C)(C)OC=O.Cc1c(CN2CCNCC2)cccc1N1CCOCC1. The summed E-state index contributed by atoms with van der Waals surface area (Å²) in [7, 11) is 0. The largest absolute Gasteiger partial charge is 0.462 e. The molecule has 0 unspecified atom stereocenters. The Hall–Kier alpha value is -1.63. The van der Waals surface area contributed by atoms with Crippen molar-refractivity contribution in [1.82, 2.24) is 10.2 Å². The standard InChI is InChI=1S/C16H25N3O.C5H10O2/c1-14-15(13-18-7-5-17-6-8-18)3-2-4-16(14)19-9-11-20-12-10-19;1-5(2,3)7-4-6/h2-4,17H,5-13H2,1H3;4H,1-3H3. The fourth-order valence-corrected chi connectivity index (χ4v) is 3.24. The Labute approximate surface area is 163 Å². The quantitative estimate of drug-likeness (QED) is 0.812. The van der Waals surface area contributed by atoms with Gasteiger partial charge < -0.3 is 19.7 Å². The number of rotatable bonds is 4. The average Bonchev–Trinajstić information content (AvgIpc) is 2.65. The molecule has 0 radical (unpaired) electrons. The van der Waals surface area contributed by atoms with Crippen LogP contribution in [0.3, 0.4) is 0 Å². The predicted molar refractivity (Wildman–Crippen MR) is 109 cm³/mol. The van der Waals surface area contributed by atoms with E-state index in [9.17, 15) is 4.79 Å². The maximum Gasteiger partial charge on any atom is 0.293 e. The predicted octanol–water partition coefficient (Wildman–Crippen LogP) is 2.19. The lowest BCUT2D eigenvalue weighted by molar-refractivity contribution is -0.138. The third kappa shape index (κ3) is 7.48. The molecule has 0 saturated carbocycles. The fourth-order valence-electron chi connectivity index (χ4n) is 3.24. The van der Waals surface area contributed by atoms with E-state index >= 15 is 0 Å². The van der Waals surface area contributed by atoms with Gasteiger partial charge in [0.15, 0.2) is 0 Å². The number of piperazine rings is 1. The lowest BCUT2D eigenvalue weighted by Crippen LogP contribution is -2.43. The van der Waals surface area contributed by atoms with E-state index in [0.717, 1.165) is 59.0 Å². The van der Waals surface area contributed by atoms with Gasteiger partial charge in [-0.25, -0.2) is 0 Å². The Balaban J connectivity index is 0.000000321. The minimum absolute atomic E-state index is 0.318. The average molecular weight is 378 g/mol. The maximum absolute atomic E-state index is 9.60. The van der Waals surface area contributed by atoms with E-state index in [4.69, 9.17) is 4.74 Å². The fraction of sp³-hybridized carbons (Fsp3) is 0.667. The first-order chi connectivity index (χ1) is 12.9. The van der Waals surface area contributed by atoms with Crippen molar-refractivity contribution in [3.63, 3.8) is 0 Å². The van der Waals surface area contributed by atoms with Crippen LogP contribution in [-0.2, 0) is 20.8 Å². The summed E-state index contributed by atoms with van der Waals surface area (Å²) in [4.78, 5) is 14.6. The molecule has 0 amide bonds. The normalized spacial score (nSPS) is 18.4. The van der Waals surface area contributed by atoms with Gasteiger partial charge in [-0.05, 0) is 44.9 Å². The summed E-state index contributed by atoms with van der Waals surface area (Å²) in [6.07, 6.45) is 0. The molecule has 2 fully saturated rings. The van der Waals surface area contributed by atoms with Crippen LogP contribution in [0.15, 0.2) is 18.2 Å². The van der Waals surface area contributed by atoms with Crippen molar-refractivity contribution < 1.29 is 14.3 Å². The highest BCUT2D eigenvalue weighted by Crippen LogP contribution is 2.25. The number of benzene rings is 1. The molecule has 2 aliphatic heterocycles. The maximum atomic E-state index is 9.60. The van der Waals surface area contributed by atoms with Gasteiger partial charge in [-0.2, -0.15) is 0 Å². The summed E-state index contributed by atoms with van der Waals surface area (Å²) in [5.74, 6) is 0. The van der Waals surface area contributed by atoms with Gasteiger partial charge in [0.1, 0.15) is 5.60 Å². The first kappa shape index (κ1) is 21.7. The highest BCUT2D eigenvalue weighted by molar-refractivity contribution is 5.56. The van der Waals surface area contributed by atoms with E-state index in [2.05, 4.69) is 45.0 Å². The van der Waals surface area contributed by atoms with Gasteiger partial charge in [0.05, 0.1) is 13.2 Å². The van der Waals surface area contributed by atoms with Crippen LogP contribution in [-0.4, -0.2) is 69.5 Å². The minimum atomic E-state index is -0.318. The number of carbonyl (C=O) groups is 1. The second-order valence-electron chi connectivity index (χ2n) is 8.01. The van der Waals surface area contributed by atoms with Crippen molar-refractivity contribution in [3.8, 4) is 0 Å². The van der Waals surface area contributed by atoms with Gasteiger partial charge >= 0.3 is 0 Å². The van der Waals surface area contributed by atoms with Crippen molar-refractivity contribution in [3.05, 3.63) is 29.3 Å². The Morgan fingerprint density at radius 1 is 1.15 bits per heavy atom. The van der Waals surface area contributed by atoms with Gasteiger partial charge in [0, 0.05) is 51.5 Å². The highest BCUT2D eigenvalue weighted by Gasteiger charge is 2.16.